The zero-order chi connectivity index (χ0) is 6.85. The average molecular weight is 251 g/mol. The first kappa shape index (κ1) is 7.22. The summed E-state index contributed by atoms with van der Waals surface area (Å²) in [5.41, 5.74) is 1.20. The highest BCUT2D eigenvalue weighted by molar-refractivity contribution is 9.11. The summed E-state index contributed by atoms with van der Waals surface area (Å²) >= 11 is 6.54. The molecule has 1 nitrogen and oxygen atoms in total. The third kappa shape index (κ3) is 2.06. The van der Waals surface area contributed by atoms with Crippen LogP contribution in [-0.2, 0) is 0 Å². The fourth-order valence-electron chi connectivity index (χ4n) is 0.584. The molecule has 0 N–H and O–H groups in total. The molecular formula is C6H5Br2N. The summed E-state index contributed by atoms with van der Waals surface area (Å²) in [6.45, 7) is 2.02. The maximum atomic E-state index is 4.07. The summed E-state index contributed by atoms with van der Waals surface area (Å²) < 4.78 is 1.74. The van der Waals surface area contributed by atoms with Gasteiger partial charge < -0.3 is 0 Å². The van der Waals surface area contributed by atoms with E-state index in [-0.39, 0.29) is 0 Å². The van der Waals surface area contributed by atoms with Crippen molar-refractivity contribution in [2.24, 2.45) is 0 Å². The Kier molecular flexibility index (Phi) is 2.24. The lowest BCUT2D eigenvalue weighted by atomic mass is 10.3. The molecule has 3 heteroatoms. The SMILES string of the molecule is Cc1cc(Br)nc(Br)c1. The van der Waals surface area contributed by atoms with Crippen LogP contribution in [0, 0.1) is 6.92 Å². The summed E-state index contributed by atoms with van der Waals surface area (Å²) in [5.74, 6) is 0. The fourth-order valence-corrected chi connectivity index (χ4v) is 1.93. The topological polar surface area (TPSA) is 12.9 Å². The van der Waals surface area contributed by atoms with Crippen LogP contribution < -0.4 is 0 Å². The van der Waals surface area contributed by atoms with E-state index in [1.54, 1.807) is 0 Å². The highest BCUT2D eigenvalue weighted by Crippen LogP contribution is 2.14. The van der Waals surface area contributed by atoms with Gasteiger partial charge in [-0.05, 0) is 56.5 Å². The van der Waals surface area contributed by atoms with Gasteiger partial charge in [-0.15, -0.1) is 0 Å². The number of hydrogen-bond donors (Lipinski definition) is 0. The molecule has 1 aromatic heterocycles. The van der Waals surface area contributed by atoms with Crippen molar-refractivity contribution in [3.63, 3.8) is 0 Å². The van der Waals surface area contributed by atoms with Gasteiger partial charge in [0.1, 0.15) is 9.21 Å². The van der Waals surface area contributed by atoms with E-state index in [2.05, 4.69) is 36.8 Å². The highest BCUT2D eigenvalue weighted by atomic mass is 79.9. The van der Waals surface area contributed by atoms with Crippen molar-refractivity contribution in [2.45, 2.75) is 6.92 Å². The number of rotatable bonds is 0. The van der Waals surface area contributed by atoms with Crippen molar-refractivity contribution in [3.05, 3.63) is 26.9 Å². The second-order valence-corrected chi connectivity index (χ2v) is 3.41. The minimum absolute atomic E-state index is 0.870. The van der Waals surface area contributed by atoms with Crippen molar-refractivity contribution in [2.75, 3.05) is 0 Å². The number of hydrogen-bond acceptors (Lipinski definition) is 1. The van der Waals surface area contributed by atoms with Gasteiger partial charge in [0.15, 0.2) is 0 Å². The summed E-state index contributed by atoms with van der Waals surface area (Å²) in [5, 5.41) is 0. The number of aromatic nitrogens is 1. The fraction of sp³-hybridized carbons (Fsp3) is 0.167. The zero-order valence-corrected chi connectivity index (χ0v) is 8.03. The molecule has 0 atom stereocenters. The second-order valence-electron chi connectivity index (χ2n) is 1.79. The van der Waals surface area contributed by atoms with E-state index < -0.39 is 0 Å². The van der Waals surface area contributed by atoms with Gasteiger partial charge in [-0.25, -0.2) is 4.98 Å². The molecule has 0 amide bonds. The van der Waals surface area contributed by atoms with Crippen LogP contribution in [-0.4, -0.2) is 4.98 Å². The van der Waals surface area contributed by atoms with E-state index in [9.17, 15) is 0 Å². The molecule has 0 saturated carbocycles. The lowest BCUT2D eigenvalue weighted by molar-refractivity contribution is 1.20. The van der Waals surface area contributed by atoms with Gasteiger partial charge in [0.2, 0.25) is 0 Å². The van der Waals surface area contributed by atoms with E-state index in [1.807, 2.05) is 19.1 Å². The van der Waals surface area contributed by atoms with Crippen LogP contribution in [0.15, 0.2) is 21.3 Å². The zero-order valence-electron chi connectivity index (χ0n) is 4.86. The lowest BCUT2D eigenvalue weighted by Crippen LogP contribution is -1.78. The number of nitrogens with zero attached hydrogens (tertiary/aromatic N) is 1. The third-order valence-corrected chi connectivity index (χ3v) is 1.72. The standard InChI is InChI=1S/C6H5Br2N/c1-4-2-5(7)9-6(8)3-4/h2-3H,1H3. The summed E-state index contributed by atoms with van der Waals surface area (Å²) in [4.78, 5) is 4.07. The van der Waals surface area contributed by atoms with Crippen LogP contribution in [0.4, 0.5) is 0 Å². The molecule has 1 rings (SSSR count). The predicted octanol–water partition coefficient (Wildman–Crippen LogP) is 2.92. The van der Waals surface area contributed by atoms with Crippen molar-refractivity contribution in [1.82, 2.24) is 4.98 Å². The first-order valence-corrected chi connectivity index (χ1v) is 4.07. The predicted molar refractivity (Wildman–Crippen MR) is 44.4 cm³/mol. The third-order valence-electron chi connectivity index (χ3n) is 0.907. The Morgan fingerprint density at radius 1 is 1.22 bits per heavy atom. The summed E-state index contributed by atoms with van der Waals surface area (Å²) in [6, 6.07) is 3.93. The van der Waals surface area contributed by atoms with Crippen LogP contribution >= 0.6 is 31.9 Å². The first-order valence-electron chi connectivity index (χ1n) is 2.48. The molecule has 48 valence electrons. The Bertz CT molecular complexity index is 172. The molecule has 9 heavy (non-hydrogen) atoms. The normalized spacial score (nSPS) is 9.67. The molecule has 1 heterocycles. The maximum absolute atomic E-state index is 4.07. The van der Waals surface area contributed by atoms with Crippen LogP contribution in [0.3, 0.4) is 0 Å². The summed E-state index contributed by atoms with van der Waals surface area (Å²) in [7, 11) is 0. The van der Waals surface area contributed by atoms with Crippen LogP contribution in [0.25, 0.3) is 0 Å². The number of pyridine rings is 1. The molecular weight excluding hydrogens is 246 g/mol. The van der Waals surface area contributed by atoms with Gasteiger partial charge >= 0.3 is 0 Å². The molecule has 0 unspecified atom stereocenters. The molecule has 0 aromatic carbocycles. The van der Waals surface area contributed by atoms with Gasteiger partial charge in [0, 0.05) is 0 Å². The quantitative estimate of drug-likeness (QED) is 0.646. The van der Waals surface area contributed by atoms with Crippen LogP contribution in [0.2, 0.25) is 0 Å². The summed E-state index contributed by atoms with van der Waals surface area (Å²) in [6.07, 6.45) is 0. The van der Waals surface area contributed by atoms with E-state index in [0.29, 0.717) is 0 Å². The Morgan fingerprint density at radius 2 is 1.67 bits per heavy atom. The molecule has 0 aliphatic rings. The van der Waals surface area contributed by atoms with E-state index in [1.165, 1.54) is 5.56 Å². The Hall–Kier alpha value is 0.110. The van der Waals surface area contributed by atoms with Gasteiger partial charge in [0.25, 0.3) is 0 Å². The monoisotopic (exact) mass is 249 g/mol. The molecule has 0 bridgehead atoms. The van der Waals surface area contributed by atoms with Crippen LogP contribution in [0.1, 0.15) is 5.56 Å². The molecule has 0 spiro atoms. The first-order chi connectivity index (χ1) is 4.18. The number of aryl methyl sites for hydroxylation is 1. The molecule has 1 aromatic rings. The number of halogens is 2. The Morgan fingerprint density at radius 3 is 2.00 bits per heavy atom. The largest absolute Gasteiger partial charge is 0.234 e. The van der Waals surface area contributed by atoms with Crippen molar-refractivity contribution >= 4 is 31.9 Å². The molecule has 0 aliphatic carbocycles. The lowest BCUT2D eigenvalue weighted by Gasteiger charge is -1.93. The van der Waals surface area contributed by atoms with E-state index >= 15 is 0 Å². The van der Waals surface area contributed by atoms with Gasteiger partial charge in [-0.1, -0.05) is 0 Å². The molecule has 0 radical (unpaired) electrons. The molecule has 0 aliphatic heterocycles. The van der Waals surface area contributed by atoms with Gasteiger partial charge in [-0.2, -0.15) is 0 Å². The molecule has 0 fully saturated rings. The Labute approximate surface area is 70.8 Å². The maximum Gasteiger partial charge on any atom is 0.107 e. The van der Waals surface area contributed by atoms with Gasteiger partial charge in [-0.3, -0.25) is 0 Å². The second kappa shape index (κ2) is 2.80. The van der Waals surface area contributed by atoms with E-state index in [4.69, 9.17) is 0 Å². The van der Waals surface area contributed by atoms with Crippen molar-refractivity contribution in [3.8, 4) is 0 Å². The van der Waals surface area contributed by atoms with Crippen LogP contribution in [0.5, 0.6) is 0 Å². The van der Waals surface area contributed by atoms with Crippen molar-refractivity contribution in [1.29, 1.82) is 0 Å². The highest BCUT2D eigenvalue weighted by Gasteiger charge is 1.91. The van der Waals surface area contributed by atoms with Crippen molar-refractivity contribution < 1.29 is 0 Å². The van der Waals surface area contributed by atoms with E-state index in [0.717, 1.165) is 9.21 Å². The smallest absolute Gasteiger partial charge is 0.107 e. The average Bonchev–Trinajstić information content (AvgIpc) is 1.59. The minimum atomic E-state index is 0.870. The minimum Gasteiger partial charge on any atom is -0.234 e. The molecule has 0 saturated heterocycles. The van der Waals surface area contributed by atoms with Gasteiger partial charge in [0.05, 0.1) is 0 Å². The Balaban J connectivity index is 3.17.